The lowest BCUT2D eigenvalue weighted by Gasteiger charge is -2.04. The Hall–Kier alpha value is -0.780. The Kier molecular flexibility index (Phi) is 1.19. The van der Waals surface area contributed by atoms with E-state index >= 15 is 0 Å². The van der Waals surface area contributed by atoms with E-state index in [1.807, 2.05) is 0 Å². The quantitative estimate of drug-likeness (QED) is 0.589. The molecule has 0 heterocycles. The van der Waals surface area contributed by atoms with E-state index in [0.717, 1.165) is 17.8 Å². The number of hydrogen-bond acceptors (Lipinski definition) is 0. The molecule has 1 fully saturated rings. The summed E-state index contributed by atoms with van der Waals surface area (Å²) in [7, 11) is 0. The molecule has 3 unspecified atom stereocenters. The third-order valence-corrected chi connectivity index (χ3v) is 3.67. The highest BCUT2D eigenvalue weighted by molar-refractivity contribution is 5.42. The van der Waals surface area contributed by atoms with Gasteiger partial charge in [-0.15, -0.1) is 0 Å². The van der Waals surface area contributed by atoms with Crippen LogP contribution in [0.4, 0.5) is 0 Å². The predicted molar refractivity (Wildman–Crippen MR) is 50.2 cm³/mol. The molecule has 0 aliphatic heterocycles. The highest BCUT2D eigenvalue weighted by atomic mass is 14.6. The molecule has 2 aliphatic carbocycles. The van der Waals surface area contributed by atoms with Crippen molar-refractivity contribution in [3.63, 3.8) is 0 Å². The molecule has 0 aromatic heterocycles. The summed E-state index contributed by atoms with van der Waals surface area (Å²) in [6.07, 6.45) is 2.74. The zero-order valence-electron chi connectivity index (χ0n) is 7.46. The lowest BCUT2D eigenvalue weighted by Crippen LogP contribution is -1.91. The van der Waals surface area contributed by atoms with E-state index < -0.39 is 0 Å². The molecule has 0 spiro atoms. The number of hydrogen-bond donors (Lipinski definition) is 0. The standard InChI is InChI=1S/C12H14/c1-2-9-11-7-8-5-3-4-6-10(8)12(9)11/h3-6,9,11-12H,2,7H2,1H3. The van der Waals surface area contributed by atoms with Gasteiger partial charge in [-0.2, -0.15) is 0 Å². The highest BCUT2D eigenvalue weighted by Gasteiger charge is 2.53. The van der Waals surface area contributed by atoms with Gasteiger partial charge in [-0.3, -0.25) is 0 Å². The van der Waals surface area contributed by atoms with Crippen LogP contribution in [0.3, 0.4) is 0 Å². The van der Waals surface area contributed by atoms with E-state index in [2.05, 4.69) is 31.2 Å². The number of fused-ring (bicyclic) bond motifs is 3. The van der Waals surface area contributed by atoms with Crippen LogP contribution < -0.4 is 0 Å². The molecule has 2 aliphatic rings. The summed E-state index contributed by atoms with van der Waals surface area (Å²) >= 11 is 0. The fourth-order valence-corrected chi connectivity index (χ4v) is 3.04. The molecule has 0 N–H and O–H groups in total. The first-order valence-corrected chi connectivity index (χ1v) is 4.99. The number of rotatable bonds is 1. The van der Waals surface area contributed by atoms with Crippen molar-refractivity contribution in [2.24, 2.45) is 11.8 Å². The molecule has 3 atom stereocenters. The smallest absolute Gasteiger partial charge is 0.00936 e. The fraction of sp³-hybridized carbons (Fsp3) is 0.500. The van der Waals surface area contributed by atoms with E-state index in [0.29, 0.717) is 0 Å². The first kappa shape index (κ1) is 6.71. The second kappa shape index (κ2) is 2.12. The summed E-state index contributed by atoms with van der Waals surface area (Å²) < 4.78 is 0. The lowest BCUT2D eigenvalue weighted by atomic mass is 10.0. The molecule has 0 radical (unpaired) electrons. The molecule has 62 valence electrons. The third kappa shape index (κ3) is 0.682. The van der Waals surface area contributed by atoms with Crippen molar-refractivity contribution in [1.82, 2.24) is 0 Å². The SMILES string of the molecule is CCC1C2Cc3ccccc3C12. The first-order valence-electron chi connectivity index (χ1n) is 4.99. The zero-order valence-corrected chi connectivity index (χ0v) is 7.46. The molecule has 12 heavy (non-hydrogen) atoms. The Labute approximate surface area is 73.6 Å². The summed E-state index contributed by atoms with van der Waals surface area (Å²) in [5.74, 6) is 3.00. The maximum atomic E-state index is 2.33. The summed E-state index contributed by atoms with van der Waals surface area (Å²) in [6, 6.07) is 8.99. The maximum Gasteiger partial charge on any atom is -0.00936 e. The van der Waals surface area contributed by atoms with Crippen molar-refractivity contribution >= 4 is 0 Å². The van der Waals surface area contributed by atoms with Crippen molar-refractivity contribution in [2.45, 2.75) is 25.7 Å². The van der Waals surface area contributed by atoms with Gasteiger partial charge in [0.1, 0.15) is 0 Å². The van der Waals surface area contributed by atoms with Gasteiger partial charge >= 0.3 is 0 Å². The van der Waals surface area contributed by atoms with Crippen LogP contribution in [0.5, 0.6) is 0 Å². The lowest BCUT2D eigenvalue weighted by molar-refractivity contribution is 0.670. The van der Waals surface area contributed by atoms with Crippen molar-refractivity contribution in [3.05, 3.63) is 35.4 Å². The summed E-state index contributed by atoms with van der Waals surface area (Å²) in [5, 5.41) is 0. The molecular formula is C12H14. The van der Waals surface area contributed by atoms with Gasteiger partial charge in [-0.25, -0.2) is 0 Å². The van der Waals surface area contributed by atoms with Gasteiger partial charge in [0.15, 0.2) is 0 Å². The highest BCUT2D eigenvalue weighted by Crippen LogP contribution is 2.62. The molecule has 0 amide bonds. The van der Waals surface area contributed by atoms with Gasteiger partial charge in [-0.1, -0.05) is 37.6 Å². The average Bonchev–Trinajstić information content (AvgIpc) is 2.68. The van der Waals surface area contributed by atoms with Crippen molar-refractivity contribution < 1.29 is 0 Å². The minimum absolute atomic E-state index is 0.950. The van der Waals surface area contributed by atoms with Crippen molar-refractivity contribution in [1.29, 1.82) is 0 Å². The van der Waals surface area contributed by atoms with Gasteiger partial charge in [0.25, 0.3) is 0 Å². The van der Waals surface area contributed by atoms with Crippen LogP contribution in [0.2, 0.25) is 0 Å². The Morgan fingerprint density at radius 1 is 1.33 bits per heavy atom. The second-order valence-electron chi connectivity index (χ2n) is 4.16. The van der Waals surface area contributed by atoms with Gasteiger partial charge in [0.05, 0.1) is 0 Å². The van der Waals surface area contributed by atoms with Crippen molar-refractivity contribution in [2.75, 3.05) is 0 Å². The van der Waals surface area contributed by atoms with E-state index in [9.17, 15) is 0 Å². The molecule has 0 heteroatoms. The molecular weight excluding hydrogens is 144 g/mol. The van der Waals surface area contributed by atoms with Crippen molar-refractivity contribution in [3.8, 4) is 0 Å². The zero-order chi connectivity index (χ0) is 8.13. The monoisotopic (exact) mass is 158 g/mol. The van der Waals surface area contributed by atoms with Gasteiger partial charge in [0, 0.05) is 0 Å². The maximum absolute atomic E-state index is 2.33. The second-order valence-corrected chi connectivity index (χ2v) is 4.16. The molecule has 1 saturated carbocycles. The van der Waals surface area contributed by atoms with E-state index in [1.165, 1.54) is 12.8 Å². The Morgan fingerprint density at radius 3 is 3.00 bits per heavy atom. The third-order valence-electron chi connectivity index (χ3n) is 3.67. The summed E-state index contributed by atoms with van der Waals surface area (Å²) in [6.45, 7) is 2.33. The van der Waals surface area contributed by atoms with Crippen LogP contribution in [0.25, 0.3) is 0 Å². The van der Waals surface area contributed by atoms with E-state index in [1.54, 1.807) is 11.1 Å². The van der Waals surface area contributed by atoms with Crippen LogP contribution in [0.1, 0.15) is 30.4 Å². The topological polar surface area (TPSA) is 0 Å². The molecule has 1 aromatic carbocycles. The minimum Gasteiger partial charge on any atom is -0.0651 e. The van der Waals surface area contributed by atoms with Crippen LogP contribution in [-0.4, -0.2) is 0 Å². The Morgan fingerprint density at radius 2 is 2.17 bits per heavy atom. The molecule has 1 aromatic rings. The van der Waals surface area contributed by atoms with Gasteiger partial charge in [0.2, 0.25) is 0 Å². The van der Waals surface area contributed by atoms with Crippen LogP contribution in [-0.2, 0) is 6.42 Å². The van der Waals surface area contributed by atoms with Crippen LogP contribution >= 0.6 is 0 Å². The Balaban J connectivity index is 2.00. The van der Waals surface area contributed by atoms with Gasteiger partial charge in [-0.05, 0) is 35.3 Å². The summed E-state index contributed by atoms with van der Waals surface area (Å²) in [5.41, 5.74) is 3.28. The Bertz CT molecular complexity index is 314. The van der Waals surface area contributed by atoms with Crippen LogP contribution in [0.15, 0.2) is 24.3 Å². The van der Waals surface area contributed by atoms with E-state index in [4.69, 9.17) is 0 Å². The minimum atomic E-state index is 0.950. The average molecular weight is 158 g/mol. The largest absolute Gasteiger partial charge is 0.0651 e. The molecule has 0 nitrogen and oxygen atoms in total. The predicted octanol–water partition coefficient (Wildman–Crippen LogP) is 2.98. The summed E-state index contributed by atoms with van der Waals surface area (Å²) in [4.78, 5) is 0. The molecule has 3 rings (SSSR count). The normalized spacial score (nSPS) is 35.9. The molecule has 0 bridgehead atoms. The van der Waals surface area contributed by atoms with E-state index in [-0.39, 0.29) is 0 Å². The first-order chi connectivity index (χ1) is 5.92. The van der Waals surface area contributed by atoms with Gasteiger partial charge < -0.3 is 0 Å². The fourth-order valence-electron chi connectivity index (χ4n) is 3.04. The van der Waals surface area contributed by atoms with Crippen LogP contribution in [0, 0.1) is 11.8 Å². The molecule has 0 saturated heterocycles. The number of benzene rings is 1.